The van der Waals surface area contributed by atoms with Crippen molar-refractivity contribution in [3.05, 3.63) is 30.3 Å². The van der Waals surface area contributed by atoms with Gasteiger partial charge >= 0.3 is 0 Å². The Morgan fingerprint density at radius 2 is 1.81 bits per heavy atom. The average Bonchev–Trinajstić information content (AvgIpc) is 2.24. The third kappa shape index (κ3) is 3.93. The maximum Gasteiger partial charge on any atom is 0.0813 e. The Labute approximate surface area is 101 Å². The van der Waals surface area contributed by atoms with Crippen LogP contribution in [0.4, 0.5) is 0 Å². The van der Waals surface area contributed by atoms with Crippen molar-refractivity contribution in [2.45, 2.75) is 38.8 Å². The maximum absolute atomic E-state index is 4.36. The van der Waals surface area contributed by atoms with Gasteiger partial charge in [-0.15, -0.1) is 0 Å². The Morgan fingerprint density at radius 1 is 1.19 bits per heavy atom. The third-order valence-corrected chi connectivity index (χ3v) is 6.86. The average molecular weight is 233 g/mol. The molecule has 16 heavy (non-hydrogen) atoms. The van der Waals surface area contributed by atoms with Gasteiger partial charge in [-0.1, -0.05) is 56.3 Å². The summed E-state index contributed by atoms with van der Waals surface area (Å²) >= 11 is 0. The standard InChI is InChI=1S/C14H23NSi/c1-5-15-11-12-16(14(2,3)4)13-9-7-6-8-10-13/h6-11,16H,5,12H2,1-4H3. The normalized spacial score (nSPS) is 14.2. The van der Waals surface area contributed by atoms with Crippen LogP contribution >= 0.6 is 0 Å². The van der Waals surface area contributed by atoms with Gasteiger partial charge in [0.05, 0.1) is 8.80 Å². The molecule has 0 aliphatic carbocycles. The molecule has 0 aliphatic rings. The largest absolute Gasteiger partial charge is 0.298 e. The molecule has 0 amide bonds. The van der Waals surface area contributed by atoms with Gasteiger partial charge in [0, 0.05) is 6.54 Å². The van der Waals surface area contributed by atoms with Gasteiger partial charge in [-0.05, 0) is 24.2 Å². The monoisotopic (exact) mass is 233 g/mol. The molecule has 0 aliphatic heterocycles. The van der Waals surface area contributed by atoms with E-state index in [1.54, 1.807) is 5.19 Å². The van der Waals surface area contributed by atoms with Crippen LogP contribution in [0.5, 0.6) is 0 Å². The Balaban J connectivity index is 2.85. The minimum atomic E-state index is -0.961. The van der Waals surface area contributed by atoms with Crippen LogP contribution in [0.25, 0.3) is 0 Å². The van der Waals surface area contributed by atoms with Gasteiger partial charge in [0.15, 0.2) is 0 Å². The van der Waals surface area contributed by atoms with Gasteiger partial charge in [-0.25, -0.2) is 0 Å². The predicted octanol–water partition coefficient (Wildman–Crippen LogP) is 3.01. The van der Waals surface area contributed by atoms with E-state index in [4.69, 9.17) is 0 Å². The van der Waals surface area contributed by atoms with Gasteiger partial charge < -0.3 is 0 Å². The summed E-state index contributed by atoms with van der Waals surface area (Å²) in [5.74, 6) is 0. The lowest BCUT2D eigenvalue weighted by atomic mass is 10.2. The highest BCUT2D eigenvalue weighted by molar-refractivity contribution is 6.77. The summed E-state index contributed by atoms with van der Waals surface area (Å²) in [4.78, 5) is 4.36. The van der Waals surface area contributed by atoms with E-state index in [0.29, 0.717) is 5.04 Å². The SMILES string of the molecule is CCN=CC[SiH](c1ccccc1)C(C)(C)C. The zero-order valence-electron chi connectivity index (χ0n) is 10.9. The second-order valence-electron chi connectivity index (χ2n) is 5.25. The van der Waals surface area contributed by atoms with E-state index in [0.717, 1.165) is 6.54 Å². The zero-order valence-corrected chi connectivity index (χ0v) is 12.1. The zero-order chi connectivity index (χ0) is 12.0. The van der Waals surface area contributed by atoms with Gasteiger partial charge in [0.2, 0.25) is 0 Å². The highest BCUT2D eigenvalue weighted by Crippen LogP contribution is 2.28. The maximum atomic E-state index is 4.36. The molecule has 1 unspecified atom stereocenters. The first-order valence-corrected chi connectivity index (χ1v) is 8.06. The number of benzene rings is 1. The first-order valence-electron chi connectivity index (χ1n) is 6.09. The minimum absolute atomic E-state index is 0.418. The van der Waals surface area contributed by atoms with E-state index in [1.165, 1.54) is 6.04 Å². The summed E-state index contributed by atoms with van der Waals surface area (Å²) in [6, 6.07) is 12.1. The highest BCUT2D eigenvalue weighted by atomic mass is 28.3. The van der Waals surface area contributed by atoms with Crippen LogP contribution in [0.15, 0.2) is 35.3 Å². The van der Waals surface area contributed by atoms with E-state index in [-0.39, 0.29) is 0 Å². The van der Waals surface area contributed by atoms with Crippen molar-refractivity contribution in [3.8, 4) is 0 Å². The van der Waals surface area contributed by atoms with Crippen LogP contribution in [-0.2, 0) is 0 Å². The second-order valence-corrected chi connectivity index (χ2v) is 9.22. The quantitative estimate of drug-likeness (QED) is 0.560. The van der Waals surface area contributed by atoms with E-state index in [2.05, 4.69) is 69.2 Å². The van der Waals surface area contributed by atoms with Crippen LogP contribution in [0, 0.1) is 0 Å². The van der Waals surface area contributed by atoms with E-state index < -0.39 is 8.80 Å². The van der Waals surface area contributed by atoms with Crippen molar-refractivity contribution in [3.63, 3.8) is 0 Å². The lowest BCUT2D eigenvalue weighted by molar-refractivity contribution is 0.744. The first-order chi connectivity index (χ1) is 7.55. The molecule has 0 spiro atoms. The van der Waals surface area contributed by atoms with E-state index in [9.17, 15) is 0 Å². The number of rotatable bonds is 4. The van der Waals surface area contributed by atoms with Gasteiger partial charge in [0.1, 0.15) is 0 Å². The number of aliphatic imine (C=N–C) groups is 1. The fraction of sp³-hybridized carbons (Fsp3) is 0.500. The van der Waals surface area contributed by atoms with Crippen LogP contribution in [0.2, 0.25) is 11.1 Å². The molecule has 2 heteroatoms. The van der Waals surface area contributed by atoms with Crippen molar-refractivity contribution < 1.29 is 0 Å². The molecule has 1 aromatic rings. The van der Waals surface area contributed by atoms with Gasteiger partial charge in [-0.2, -0.15) is 0 Å². The van der Waals surface area contributed by atoms with Crippen molar-refractivity contribution >= 4 is 20.2 Å². The Kier molecular flexibility index (Phi) is 4.94. The highest BCUT2D eigenvalue weighted by Gasteiger charge is 2.26. The number of hydrogen-bond acceptors (Lipinski definition) is 1. The summed E-state index contributed by atoms with van der Waals surface area (Å²) in [6.07, 6.45) is 2.13. The third-order valence-electron chi connectivity index (χ3n) is 2.90. The number of nitrogens with zero attached hydrogens (tertiary/aromatic N) is 1. The molecule has 0 aromatic heterocycles. The van der Waals surface area contributed by atoms with Crippen molar-refractivity contribution in [2.75, 3.05) is 6.54 Å². The lowest BCUT2D eigenvalue weighted by Gasteiger charge is -2.28. The Hall–Kier alpha value is -0.893. The molecular weight excluding hydrogens is 210 g/mol. The topological polar surface area (TPSA) is 12.4 Å². The van der Waals surface area contributed by atoms with Crippen LogP contribution in [0.1, 0.15) is 27.7 Å². The summed E-state index contributed by atoms with van der Waals surface area (Å²) in [5, 5.41) is 1.97. The molecule has 0 N–H and O–H groups in total. The molecule has 1 atom stereocenters. The summed E-state index contributed by atoms with van der Waals surface area (Å²) < 4.78 is 0. The molecule has 1 rings (SSSR count). The van der Waals surface area contributed by atoms with Gasteiger partial charge in [-0.3, -0.25) is 4.99 Å². The number of hydrogen-bond donors (Lipinski definition) is 0. The fourth-order valence-electron chi connectivity index (χ4n) is 1.98. The van der Waals surface area contributed by atoms with Crippen molar-refractivity contribution in [1.29, 1.82) is 0 Å². The molecule has 0 saturated carbocycles. The molecule has 1 nitrogen and oxygen atoms in total. The minimum Gasteiger partial charge on any atom is -0.298 e. The van der Waals surface area contributed by atoms with Gasteiger partial charge in [0.25, 0.3) is 0 Å². The van der Waals surface area contributed by atoms with Crippen LogP contribution < -0.4 is 5.19 Å². The Morgan fingerprint density at radius 3 is 2.31 bits per heavy atom. The summed E-state index contributed by atoms with van der Waals surface area (Å²) in [6.45, 7) is 10.1. The predicted molar refractivity (Wildman–Crippen MR) is 76.8 cm³/mol. The summed E-state index contributed by atoms with van der Waals surface area (Å²) in [5.41, 5.74) is 0. The molecule has 1 aromatic carbocycles. The summed E-state index contributed by atoms with van der Waals surface area (Å²) in [7, 11) is -0.961. The molecule has 0 heterocycles. The van der Waals surface area contributed by atoms with E-state index in [1.807, 2.05) is 0 Å². The second kappa shape index (κ2) is 5.99. The Bertz CT molecular complexity index is 324. The first kappa shape index (κ1) is 13.2. The van der Waals surface area contributed by atoms with Crippen LogP contribution in [0.3, 0.4) is 0 Å². The van der Waals surface area contributed by atoms with Crippen molar-refractivity contribution in [2.24, 2.45) is 4.99 Å². The molecule has 0 radical (unpaired) electrons. The molecule has 0 bridgehead atoms. The smallest absolute Gasteiger partial charge is 0.0813 e. The van der Waals surface area contributed by atoms with Crippen molar-refractivity contribution in [1.82, 2.24) is 0 Å². The molecular formula is C14H23NSi. The van der Waals surface area contributed by atoms with Crippen LogP contribution in [-0.4, -0.2) is 21.6 Å². The molecule has 88 valence electrons. The fourth-order valence-corrected chi connectivity index (χ4v) is 5.01. The molecule has 0 fully saturated rings. The lowest BCUT2D eigenvalue weighted by Crippen LogP contribution is -2.38. The molecule has 0 saturated heterocycles. The van der Waals surface area contributed by atoms with E-state index >= 15 is 0 Å².